The van der Waals surface area contributed by atoms with Crippen LogP contribution in [0.5, 0.6) is 0 Å². The number of rotatable bonds is 4. The molecule has 25 heavy (non-hydrogen) atoms. The summed E-state index contributed by atoms with van der Waals surface area (Å²) in [5.41, 5.74) is 0.792. The summed E-state index contributed by atoms with van der Waals surface area (Å²) in [5, 5.41) is -0.394. The van der Waals surface area contributed by atoms with E-state index in [9.17, 15) is 17.6 Å². The number of carbonyl (C=O) groups is 1. The van der Waals surface area contributed by atoms with Gasteiger partial charge in [0.25, 0.3) is 10.0 Å². The molecule has 1 fully saturated rings. The normalized spacial score (nSPS) is 19.6. The first-order valence-corrected chi connectivity index (χ1v) is 9.88. The van der Waals surface area contributed by atoms with Crippen LogP contribution in [0.2, 0.25) is 0 Å². The third-order valence-electron chi connectivity index (χ3n) is 3.67. The van der Waals surface area contributed by atoms with Crippen LogP contribution < -0.4 is 0 Å². The Bertz CT molecular complexity index is 913. The Kier molecular flexibility index (Phi) is 4.91. The molecule has 0 saturated carbocycles. The highest BCUT2D eigenvalue weighted by Gasteiger charge is 2.39. The van der Waals surface area contributed by atoms with Crippen molar-refractivity contribution in [3.63, 3.8) is 0 Å². The molecule has 1 unspecified atom stereocenters. The summed E-state index contributed by atoms with van der Waals surface area (Å²) in [6.07, 6.45) is 0. The Morgan fingerprint density at radius 3 is 2.36 bits per heavy atom. The van der Waals surface area contributed by atoms with Gasteiger partial charge in [-0.3, -0.25) is 9.69 Å². The zero-order chi connectivity index (χ0) is 18.0. The average Bonchev–Trinajstić information content (AvgIpc) is 2.91. The second-order valence-corrected chi connectivity index (χ2v) is 7.97. The SMILES string of the molecule is CCN1C(=O)C(c2ccccc2)SC1=NS(=O)(=O)c1ccc(F)cc1. The van der Waals surface area contributed by atoms with Crippen molar-refractivity contribution in [2.24, 2.45) is 4.40 Å². The second-order valence-electron chi connectivity index (χ2n) is 5.29. The van der Waals surface area contributed by atoms with Crippen LogP contribution in [0.3, 0.4) is 0 Å². The lowest BCUT2D eigenvalue weighted by atomic mass is 10.1. The number of benzene rings is 2. The van der Waals surface area contributed by atoms with E-state index in [1.807, 2.05) is 30.3 Å². The Morgan fingerprint density at radius 1 is 1.12 bits per heavy atom. The molecular formula is C17H15FN2O3S2. The van der Waals surface area contributed by atoms with Gasteiger partial charge in [-0.2, -0.15) is 8.42 Å². The lowest BCUT2D eigenvalue weighted by molar-refractivity contribution is -0.126. The Balaban J connectivity index is 1.96. The van der Waals surface area contributed by atoms with Gasteiger partial charge >= 0.3 is 0 Å². The number of likely N-dealkylation sites (N-methyl/N-ethyl adjacent to an activating group) is 1. The molecule has 1 saturated heterocycles. The van der Waals surface area contributed by atoms with Crippen LogP contribution in [0.25, 0.3) is 0 Å². The molecule has 5 nitrogen and oxygen atoms in total. The van der Waals surface area contributed by atoms with Crippen molar-refractivity contribution in [2.45, 2.75) is 17.1 Å². The molecular weight excluding hydrogens is 363 g/mol. The molecule has 8 heteroatoms. The molecule has 1 heterocycles. The quantitative estimate of drug-likeness (QED) is 0.819. The maximum absolute atomic E-state index is 13.0. The highest BCUT2D eigenvalue weighted by atomic mass is 32.2. The number of carbonyl (C=O) groups excluding carboxylic acids is 1. The molecule has 0 radical (unpaired) electrons. The monoisotopic (exact) mass is 378 g/mol. The largest absolute Gasteiger partial charge is 0.290 e. The second kappa shape index (κ2) is 6.97. The molecule has 0 aromatic heterocycles. The number of amidine groups is 1. The standard InChI is InChI=1S/C17H15FN2O3S2/c1-2-20-16(21)15(12-6-4-3-5-7-12)24-17(20)19-25(22,23)14-10-8-13(18)9-11-14/h3-11,15H,2H2,1H3. The number of sulfonamides is 1. The maximum Gasteiger partial charge on any atom is 0.284 e. The van der Waals surface area contributed by atoms with Gasteiger partial charge in [0.15, 0.2) is 5.17 Å². The molecule has 1 atom stereocenters. The van der Waals surface area contributed by atoms with Crippen LogP contribution in [0.4, 0.5) is 4.39 Å². The minimum atomic E-state index is -4.03. The number of amides is 1. The van der Waals surface area contributed by atoms with Crippen molar-refractivity contribution < 1.29 is 17.6 Å². The van der Waals surface area contributed by atoms with Crippen molar-refractivity contribution in [3.8, 4) is 0 Å². The number of thioether (sulfide) groups is 1. The number of hydrogen-bond donors (Lipinski definition) is 0. The fourth-order valence-corrected chi connectivity index (χ4v) is 4.85. The highest BCUT2D eigenvalue weighted by Crippen LogP contribution is 2.39. The van der Waals surface area contributed by atoms with E-state index in [1.54, 1.807) is 6.92 Å². The van der Waals surface area contributed by atoms with E-state index < -0.39 is 21.1 Å². The van der Waals surface area contributed by atoms with E-state index in [0.717, 1.165) is 41.6 Å². The van der Waals surface area contributed by atoms with Crippen LogP contribution in [0.1, 0.15) is 17.7 Å². The van der Waals surface area contributed by atoms with Gasteiger partial charge in [0.2, 0.25) is 5.91 Å². The van der Waals surface area contributed by atoms with Crippen molar-refractivity contribution in [1.29, 1.82) is 0 Å². The van der Waals surface area contributed by atoms with Gasteiger partial charge in [0.1, 0.15) is 11.1 Å². The van der Waals surface area contributed by atoms with E-state index in [-0.39, 0.29) is 16.0 Å². The molecule has 130 valence electrons. The van der Waals surface area contributed by atoms with Gasteiger partial charge in [-0.15, -0.1) is 4.40 Å². The van der Waals surface area contributed by atoms with Gasteiger partial charge in [0.05, 0.1) is 4.90 Å². The third-order valence-corrected chi connectivity index (χ3v) is 6.30. The minimum Gasteiger partial charge on any atom is -0.290 e. The van der Waals surface area contributed by atoms with Crippen LogP contribution in [-0.4, -0.2) is 30.9 Å². The lowest BCUT2D eigenvalue weighted by Gasteiger charge is -2.13. The molecule has 0 aliphatic carbocycles. The first kappa shape index (κ1) is 17.6. The van der Waals surface area contributed by atoms with E-state index in [1.165, 1.54) is 4.90 Å². The fourth-order valence-electron chi connectivity index (χ4n) is 2.42. The lowest BCUT2D eigenvalue weighted by Crippen LogP contribution is -2.30. The predicted octanol–water partition coefficient (Wildman–Crippen LogP) is 3.21. The number of halogens is 1. The highest BCUT2D eigenvalue weighted by molar-refractivity contribution is 8.15. The molecule has 1 aliphatic heterocycles. The summed E-state index contributed by atoms with van der Waals surface area (Å²) in [6.45, 7) is 2.07. The summed E-state index contributed by atoms with van der Waals surface area (Å²) < 4.78 is 41.7. The summed E-state index contributed by atoms with van der Waals surface area (Å²) >= 11 is 1.10. The number of hydrogen-bond acceptors (Lipinski definition) is 4. The molecule has 1 aliphatic rings. The fraction of sp³-hybridized carbons (Fsp3) is 0.176. The molecule has 2 aromatic carbocycles. The molecule has 3 rings (SSSR count). The van der Waals surface area contributed by atoms with Gasteiger partial charge < -0.3 is 0 Å². The minimum absolute atomic E-state index is 0.117. The van der Waals surface area contributed by atoms with Gasteiger partial charge in [-0.25, -0.2) is 4.39 Å². The van der Waals surface area contributed by atoms with Crippen LogP contribution in [0, 0.1) is 5.82 Å². The molecule has 2 aromatic rings. The molecule has 1 amide bonds. The first-order valence-electron chi connectivity index (χ1n) is 7.56. The van der Waals surface area contributed by atoms with Crippen molar-refractivity contribution in [1.82, 2.24) is 4.90 Å². The summed E-state index contributed by atoms with van der Waals surface area (Å²) in [6, 6.07) is 13.6. The Hall–Kier alpha value is -2.19. The van der Waals surface area contributed by atoms with E-state index in [2.05, 4.69) is 4.40 Å². The third kappa shape index (κ3) is 3.59. The zero-order valence-electron chi connectivity index (χ0n) is 13.3. The Morgan fingerprint density at radius 2 is 1.76 bits per heavy atom. The molecule has 0 N–H and O–H groups in total. The van der Waals surface area contributed by atoms with Gasteiger partial charge in [0, 0.05) is 6.54 Å². The number of nitrogens with zero attached hydrogens (tertiary/aromatic N) is 2. The van der Waals surface area contributed by atoms with Crippen molar-refractivity contribution in [3.05, 3.63) is 66.0 Å². The summed E-state index contributed by atoms with van der Waals surface area (Å²) in [4.78, 5) is 13.8. The first-order chi connectivity index (χ1) is 11.9. The zero-order valence-corrected chi connectivity index (χ0v) is 14.9. The van der Waals surface area contributed by atoms with Crippen LogP contribution in [0.15, 0.2) is 63.9 Å². The summed E-state index contributed by atoms with van der Waals surface area (Å²) in [5.74, 6) is -0.733. The summed E-state index contributed by atoms with van der Waals surface area (Å²) in [7, 11) is -4.03. The van der Waals surface area contributed by atoms with E-state index in [0.29, 0.717) is 6.54 Å². The average molecular weight is 378 g/mol. The smallest absolute Gasteiger partial charge is 0.284 e. The van der Waals surface area contributed by atoms with E-state index in [4.69, 9.17) is 0 Å². The predicted molar refractivity (Wildman–Crippen MR) is 95.2 cm³/mol. The van der Waals surface area contributed by atoms with Crippen molar-refractivity contribution >= 4 is 32.9 Å². The molecule has 0 spiro atoms. The van der Waals surface area contributed by atoms with Crippen LogP contribution in [-0.2, 0) is 14.8 Å². The van der Waals surface area contributed by atoms with Crippen LogP contribution >= 0.6 is 11.8 Å². The Labute approximate surface area is 149 Å². The molecule has 0 bridgehead atoms. The maximum atomic E-state index is 13.0. The van der Waals surface area contributed by atoms with Gasteiger partial charge in [-0.1, -0.05) is 42.1 Å². The van der Waals surface area contributed by atoms with Crippen molar-refractivity contribution in [2.75, 3.05) is 6.54 Å². The van der Waals surface area contributed by atoms with Gasteiger partial charge in [-0.05, 0) is 36.8 Å². The van der Waals surface area contributed by atoms with E-state index >= 15 is 0 Å². The topological polar surface area (TPSA) is 66.8 Å².